The van der Waals surface area contributed by atoms with E-state index in [9.17, 15) is 0 Å². The summed E-state index contributed by atoms with van der Waals surface area (Å²) in [5.41, 5.74) is 3.33. The maximum atomic E-state index is 6.39. The highest BCUT2D eigenvalue weighted by Gasteiger charge is 2.15. The van der Waals surface area contributed by atoms with E-state index in [1.165, 1.54) is 15.6 Å². The maximum Gasteiger partial charge on any atom is 0.192 e. The number of nitrogens with zero attached hydrogens (tertiary/aromatic N) is 1. The normalized spacial score (nSPS) is 13.5. The average molecular weight is 708 g/mol. The van der Waals surface area contributed by atoms with Crippen molar-refractivity contribution in [1.29, 1.82) is 0 Å². The molecule has 3 rings (SSSR count). The standard InChI is InChI=1S/C42H57NO3Si3/c1-7-13-19-37(16-10-4)44-47-40-28-22-34(23-29-40)43(35-24-30-41(31-25-35)48-45-38(17-11-5)20-14-8-2)36-26-32-42(33-27-36)49-46-39(18-12-6)21-15-9-3/h7-12,22-33,37-39H,1-6,13-21,47-49H2. The van der Waals surface area contributed by atoms with Crippen molar-refractivity contribution < 1.29 is 13.3 Å². The quantitative estimate of drug-likeness (QED) is 0.0627. The summed E-state index contributed by atoms with van der Waals surface area (Å²) >= 11 is 0. The molecule has 0 bridgehead atoms. The Morgan fingerprint density at radius 1 is 0.429 bits per heavy atom. The van der Waals surface area contributed by atoms with Crippen LogP contribution >= 0.6 is 0 Å². The number of anilines is 3. The van der Waals surface area contributed by atoms with Crippen molar-refractivity contribution in [3.63, 3.8) is 0 Å². The molecule has 4 nitrogen and oxygen atoms in total. The van der Waals surface area contributed by atoms with E-state index in [4.69, 9.17) is 13.3 Å². The van der Waals surface area contributed by atoms with E-state index >= 15 is 0 Å². The topological polar surface area (TPSA) is 30.9 Å². The van der Waals surface area contributed by atoms with Gasteiger partial charge in [-0.25, -0.2) is 0 Å². The highest BCUT2D eigenvalue weighted by atomic mass is 28.2. The summed E-state index contributed by atoms with van der Waals surface area (Å²) in [6.45, 7) is 23.3. The minimum atomic E-state index is -0.871. The molecule has 260 valence electrons. The van der Waals surface area contributed by atoms with Gasteiger partial charge in [-0.15, -0.1) is 39.5 Å². The molecule has 49 heavy (non-hydrogen) atoms. The van der Waals surface area contributed by atoms with Gasteiger partial charge in [0.2, 0.25) is 0 Å². The van der Waals surface area contributed by atoms with Gasteiger partial charge in [-0.2, -0.15) is 0 Å². The van der Waals surface area contributed by atoms with Gasteiger partial charge in [0.1, 0.15) is 0 Å². The van der Waals surface area contributed by atoms with Gasteiger partial charge in [0, 0.05) is 35.4 Å². The third kappa shape index (κ3) is 14.4. The minimum Gasteiger partial charge on any atom is -0.415 e. The molecule has 0 heterocycles. The lowest BCUT2D eigenvalue weighted by atomic mass is 10.1. The Hall–Kier alpha value is -3.57. The summed E-state index contributed by atoms with van der Waals surface area (Å²) < 4.78 is 19.2. The monoisotopic (exact) mass is 707 g/mol. The van der Waals surface area contributed by atoms with Gasteiger partial charge in [0.05, 0.1) is 0 Å². The lowest BCUT2D eigenvalue weighted by Crippen LogP contribution is -2.25. The van der Waals surface area contributed by atoms with E-state index < -0.39 is 29.3 Å². The number of hydrogen-bond donors (Lipinski definition) is 0. The molecule has 0 saturated carbocycles. The first-order chi connectivity index (χ1) is 24.0. The zero-order chi connectivity index (χ0) is 35.1. The van der Waals surface area contributed by atoms with Crippen molar-refractivity contribution in [2.45, 2.75) is 76.1 Å². The van der Waals surface area contributed by atoms with Crippen molar-refractivity contribution in [3.05, 3.63) is 149 Å². The van der Waals surface area contributed by atoms with Crippen LogP contribution in [0.2, 0.25) is 0 Å². The molecule has 0 spiro atoms. The molecule has 7 heteroatoms. The van der Waals surface area contributed by atoms with Crippen molar-refractivity contribution in [2.24, 2.45) is 0 Å². The molecule has 0 saturated heterocycles. The Morgan fingerprint density at radius 3 is 0.918 bits per heavy atom. The Kier molecular flexibility index (Phi) is 19.3. The van der Waals surface area contributed by atoms with E-state index in [1.54, 1.807) is 0 Å². The van der Waals surface area contributed by atoms with Crippen molar-refractivity contribution >= 4 is 61.9 Å². The maximum absolute atomic E-state index is 6.39. The predicted octanol–water partition coefficient (Wildman–Crippen LogP) is 7.07. The molecule has 0 aliphatic rings. The molecule has 0 aromatic heterocycles. The van der Waals surface area contributed by atoms with Crippen LogP contribution in [0.5, 0.6) is 0 Å². The van der Waals surface area contributed by atoms with Crippen LogP contribution in [-0.2, 0) is 13.3 Å². The highest BCUT2D eigenvalue weighted by molar-refractivity contribution is 6.47. The molecule has 0 radical (unpaired) electrons. The first-order valence-electron chi connectivity index (χ1n) is 17.6. The number of allylic oxidation sites excluding steroid dienone is 3. The Morgan fingerprint density at radius 2 is 0.694 bits per heavy atom. The van der Waals surface area contributed by atoms with Crippen LogP contribution in [0.3, 0.4) is 0 Å². The second kappa shape index (κ2) is 23.7. The number of rotatable bonds is 27. The zero-order valence-electron chi connectivity index (χ0n) is 29.5. The molecular formula is C42H57NO3Si3. The van der Waals surface area contributed by atoms with E-state index in [-0.39, 0.29) is 18.3 Å². The molecule has 3 aromatic rings. The van der Waals surface area contributed by atoms with Gasteiger partial charge in [-0.05, 0) is 110 Å². The van der Waals surface area contributed by atoms with Gasteiger partial charge in [0.25, 0.3) is 0 Å². The lowest BCUT2D eigenvalue weighted by molar-refractivity contribution is 0.209. The van der Waals surface area contributed by atoms with Gasteiger partial charge >= 0.3 is 0 Å². The summed E-state index contributed by atoms with van der Waals surface area (Å²) in [7, 11) is -2.61. The van der Waals surface area contributed by atoms with Crippen molar-refractivity contribution in [2.75, 3.05) is 4.90 Å². The fraction of sp³-hybridized carbons (Fsp3) is 0.286. The third-order valence-corrected chi connectivity index (χ3v) is 12.7. The fourth-order valence-electron chi connectivity index (χ4n) is 5.59. The van der Waals surface area contributed by atoms with Crippen LogP contribution in [0.25, 0.3) is 0 Å². The molecule has 0 fully saturated rings. The van der Waals surface area contributed by atoms with Crippen LogP contribution in [0.1, 0.15) is 57.8 Å². The van der Waals surface area contributed by atoms with Gasteiger partial charge < -0.3 is 18.2 Å². The molecular weight excluding hydrogens is 651 g/mol. The van der Waals surface area contributed by atoms with Crippen LogP contribution in [0, 0.1) is 0 Å². The summed E-state index contributed by atoms with van der Waals surface area (Å²) in [6.07, 6.45) is 20.8. The molecule has 0 aliphatic carbocycles. The van der Waals surface area contributed by atoms with Gasteiger partial charge in [-0.3, -0.25) is 0 Å². The minimum absolute atomic E-state index is 0.207. The molecule has 0 aliphatic heterocycles. The number of hydrogen-bond acceptors (Lipinski definition) is 4. The second-order valence-electron chi connectivity index (χ2n) is 12.3. The molecule has 3 aromatic carbocycles. The van der Waals surface area contributed by atoms with E-state index in [0.717, 1.165) is 74.8 Å². The van der Waals surface area contributed by atoms with E-state index in [0.29, 0.717) is 0 Å². The fourth-order valence-corrected chi connectivity index (χ4v) is 9.07. The molecule has 0 N–H and O–H groups in total. The summed E-state index contributed by atoms with van der Waals surface area (Å²) in [5, 5.41) is 3.85. The predicted molar refractivity (Wildman–Crippen MR) is 223 cm³/mol. The van der Waals surface area contributed by atoms with Gasteiger partial charge in [0.15, 0.2) is 29.3 Å². The Bertz CT molecular complexity index is 1250. The lowest BCUT2D eigenvalue weighted by Gasteiger charge is -2.26. The van der Waals surface area contributed by atoms with Crippen LogP contribution < -0.4 is 20.5 Å². The summed E-state index contributed by atoms with van der Waals surface area (Å²) in [5.74, 6) is 0. The molecule has 0 amide bonds. The smallest absolute Gasteiger partial charge is 0.192 e. The zero-order valence-corrected chi connectivity index (χ0v) is 33.8. The SMILES string of the molecule is C=CCCC(CC=C)O[SiH2]c1ccc(N(c2ccc([SiH2]OC(CC=C)CCC=C)cc2)c2ccc([SiH2]OC(CC=C)CCC=C)cc2)cc1. The highest BCUT2D eigenvalue weighted by Crippen LogP contribution is 2.33. The van der Waals surface area contributed by atoms with Gasteiger partial charge in [-0.1, -0.05) is 72.9 Å². The van der Waals surface area contributed by atoms with Crippen LogP contribution in [-0.4, -0.2) is 47.6 Å². The van der Waals surface area contributed by atoms with E-state index in [2.05, 4.69) is 117 Å². The Balaban J connectivity index is 1.82. The van der Waals surface area contributed by atoms with E-state index in [1.807, 2.05) is 36.5 Å². The molecule has 3 atom stereocenters. The summed E-state index contributed by atoms with van der Waals surface area (Å²) in [4.78, 5) is 2.32. The number of benzene rings is 3. The second-order valence-corrected chi connectivity index (χ2v) is 16.6. The van der Waals surface area contributed by atoms with Crippen molar-refractivity contribution in [3.8, 4) is 0 Å². The average Bonchev–Trinajstić information content (AvgIpc) is 3.13. The first-order valence-corrected chi connectivity index (χ1v) is 21.5. The van der Waals surface area contributed by atoms with Crippen LogP contribution in [0.4, 0.5) is 17.1 Å². The summed E-state index contributed by atoms with van der Waals surface area (Å²) in [6, 6.07) is 26.7. The molecule has 3 unspecified atom stereocenters. The van der Waals surface area contributed by atoms with Crippen LogP contribution in [0.15, 0.2) is 149 Å². The third-order valence-electron chi connectivity index (χ3n) is 8.41. The Labute approximate surface area is 303 Å². The van der Waals surface area contributed by atoms with Crippen molar-refractivity contribution in [1.82, 2.24) is 0 Å². The first kappa shape index (κ1) is 39.9. The largest absolute Gasteiger partial charge is 0.415 e.